The van der Waals surface area contributed by atoms with Gasteiger partial charge in [0.2, 0.25) is 11.8 Å². The molecule has 3 atom stereocenters. The number of halogens is 6. The lowest BCUT2D eigenvalue weighted by atomic mass is 9.85. The van der Waals surface area contributed by atoms with E-state index in [1.54, 1.807) is 14.9 Å². The molecule has 2 aromatic heterocycles. The Bertz CT molecular complexity index is 2410. The van der Waals surface area contributed by atoms with E-state index in [-0.39, 0.29) is 66.0 Å². The highest BCUT2D eigenvalue weighted by atomic mass is 32.1. The van der Waals surface area contributed by atoms with Crippen LogP contribution in [0.15, 0.2) is 40.5 Å². The minimum atomic E-state index is -4.75. The second kappa shape index (κ2) is 22.7. The fourth-order valence-electron chi connectivity index (χ4n) is 9.69. The molecule has 380 valence electrons. The standard InChI is InChI=1S/C47H61F6N8O4S.C2H7N/c1-28(59-15-13-58(14-16-59)25-46(5,49)50)23-55-36(29(2)62)20-39-34-22-45(3,4)27-65-44(64)31(11-8-12-56-54)43-40(61(43)42(63)17-30-9-6-7-10-30)21-41-57-37(24-66-41)33-18-32(34)38(19-35(33)48)60(39)26-47(51,52)53;1-3-2/h18-20,23-24,29-31,40,56,62H,1,6-17,21-22,25-27,54H2,2-5H3;3H,1-2H3/q+1;/b36-20+,55-23?;. The van der Waals surface area contributed by atoms with Crippen molar-refractivity contribution in [3.63, 3.8) is 0 Å². The number of allylic oxidation sites excluding steroid dienone is 1. The number of aliphatic hydroxyl groups is 1. The Hall–Kier alpha value is -4.47. The molecule has 3 unspecified atom stereocenters. The van der Waals surface area contributed by atoms with E-state index in [0.717, 1.165) is 43.2 Å². The van der Waals surface area contributed by atoms with Crippen molar-refractivity contribution >= 4 is 52.1 Å². The smallest absolute Gasteiger partial charge is 0.406 e. The highest BCUT2D eigenvalue weighted by Gasteiger charge is 2.59. The SMILES string of the molecule is C=C(C=N/C(=C/c1c2c3cc(c(F)cc3n1CC(F)(F)F)-c1csc(n1)CC1C(=[N+]1C(=O)CC1CCCC1)C(CCCNN)C(=O)OCC(C)(C)C2)C(C)O)N1CCN(CC(C)(F)F)CC1.CNC. The Morgan fingerprint density at radius 2 is 1.83 bits per heavy atom. The van der Waals surface area contributed by atoms with Crippen LogP contribution in [0.2, 0.25) is 0 Å². The maximum atomic E-state index is 16.5. The summed E-state index contributed by atoms with van der Waals surface area (Å²) in [6.45, 7) is 9.87. The van der Waals surface area contributed by atoms with Crippen LogP contribution in [0.3, 0.4) is 0 Å². The third-order valence-electron chi connectivity index (χ3n) is 13.0. The number of hydrogen-bond acceptors (Lipinski definition) is 12. The zero-order valence-corrected chi connectivity index (χ0v) is 41.3. The highest BCUT2D eigenvalue weighted by molar-refractivity contribution is 7.10. The van der Waals surface area contributed by atoms with Gasteiger partial charge in [0.05, 0.1) is 49.0 Å². The van der Waals surface area contributed by atoms with Gasteiger partial charge in [-0.1, -0.05) is 33.3 Å². The number of nitrogens with two attached hydrogens (primary N) is 1. The molecule has 13 nitrogen and oxygen atoms in total. The van der Waals surface area contributed by atoms with E-state index in [0.29, 0.717) is 79.4 Å². The molecule has 1 amide bonds. The zero-order valence-electron chi connectivity index (χ0n) is 40.5. The molecule has 20 heteroatoms. The Morgan fingerprint density at radius 1 is 1.14 bits per heavy atom. The van der Waals surface area contributed by atoms with E-state index in [2.05, 4.69) is 22.3 Å². The number of benzene rings is 1. The highest BCUT2D eigenvalue weighted by Crippen LogP contribution is 2.41. The van der Waals surface area contributed by atoms with Crippen molar-refractivity contribution in [2.24, 2.45) is 28.1 Å². The van der Waals surface area contributed by atoms with Gasteiger partial charge >= 0.3 is 18.1 Å². The summed E-state index contributed by atoms with van der Waals surface area (Å²) in [7, 11) is 3.75. The summed E-state index contributed by atoms with van der Waals surface area (Å²) in [5, 5.41) is 16.4. The number of aromatic nitrogens is 2. The van der Waals surface area contributed by atoms with Crippen LogP contribution in [0.25, 0.3) is 28.2 Å². The molecule has 2 fully saturated rings. The summed E-state index contributed by atoms with van der Waals surface area (Å²) >= 11 is 1.27. The van der Waals surface area contributed by atoms with E-state index < -0.39 is 53.9 Å². The molecule has 3 aromatic rings. The van der Waals surface area contributed by atoms with Crippen molar-refractivity contribution in [2.75, 3.05) is 60.0 Å². The number of cyclic esters (lactones) is 1. The second-order valence-corrected chi connectivity index (χ2v) is 20.7. The number of aliphatic hydroxyl groups excluding tert-OH is 1. The minimum Gasteiger partial charge on any atom is -0.464 e. The third-order valence-corrected chi connectivity index (χ3v) is 13.8. The number of aliphatic imine (C=N–C) groups is 1. The lowest BCUT2D eigenvalue weighted by molar-refractivity contribution is -0.397. The molecule has 1 saturated carbocycles. The molecule has 1 saturated heterocycles. The van der Waals surface area contributed by atoms with Crippen molar-refractivity contribution in [2.45, 2.75) is 116 Å². The van der Waals surface area contributed by atoms with E-state index in [4.69, 9.17) is 15.6 Å². The van der Waals surface area contributed by atoms with Crippen LogP contribution >= 0.6 is 11.3 Å². The van der Waals surface area contributed by atoms with Gasteiger partial charge in [-0.3, -0.25) is 26.0 Å². The van der Waals surface area contributed by atoms with Crippen LogP contribution in [0.5, 0.6) is 0 Å². The number of hydrazine groups is 1. The van der Waals surface area contributed by atoms with Gasteiger partial charge in [-0.2, -0.15) is 13.2 Å². The van der Waals surface area contributed by atoms with Crippen LogP contribution in [0.4, 0.5) is 26.3 Å². The van der Waals surface area contributed by atoms with E-state index >= 15 is 4.39 Å². The summed E-state index contributed by atoms with van der Waals surface area (Å²) in [5.41, 5.74) is 3.48. The predicted octanol–water partition coefficient (Wildman–Crippen LogP) is 7.35. The van der Waals surface area contributed by atoms with E-state index in [1.807, 2.05) is 32.8 Å². The van der Waals surface area contributed by atoms with Crippen molar-refractivity contribution in [3.05, 3.63) is 57.6 Å². The number of carbonyl (C=O) groups is 2. The number of nitrogens with one attached hydrogen (secondary N) is 2. The van der Waals surface area contributed by atoms with Crippen LogP contribution in [-0.4, -0.2) is 137 Å². The lowest BCUT2D eigenvalue weighted by Gasteiger charge is -2.37. The molecule has 5 N–H and O–H groups in total. The predicted molar refractivity (Wildman–Crippen MR) is 258 cm³/mol. The lowest BCUT2D eigenvalue weighted by Crippen LogP contribution is -2.48. The molecule has 5 heterocycles. The summed E-state index contributed by atoms with van der Waals surface area (Å²) in [6.07, 6.45) is 2.36. The van der Waals surface area contributed by atoms with Gasteiger partial charge in [0.1, 0.15) is 23.3 Å². The number of piperazine rings is 1. The Kier molecular flexibility index (Phi) is 17.8. The topological polar surface area (TPSA) is 153 Å². The first kappa shape index (κ1) is 53.9. The molecular formula is C49H68F6N9O4S+. The van der Waals surface area contributed by atoms with E-state index in [9.17, 15) is 36.6 Å². The molecule has 1 aromatic carbocycles. The number of fused-ring (bicyclic) bond motifs is 5. The fourth-order valence-corrected chi connectivity index (χ4v) is 10.5. The number of rotatable bonds is 14. The van der Waals surface area contributed by atoms with Crippen molar-refractivity contribution < 1.29 is 50.4 Å². The zero-order chi connectivity index (χ0) is 50.4. The molecular weight excluding hydrogens is 925 g/mol. The summed E-state index contributed by atoms with van der Waals surface area (Å²) < 4.78 is 96.4. The van der Waals surface area contributed by atoms with Gasteiger partial charge in [0, 0.05) is 79.0 Å². The number of ether oxygens (including phenoxy) is 1. The largest absolute Gasteiger partial charge is 0.464 e. The van der Waals surface area contributed by atoms with Gasteiger partial charge in [-0.25, -0.2) is 22.9 Å². The van der Waals surface area contributed by atoms with Gasteiger partial charge in [-0.05, 0) is 82.8 Å². The average molecular weight is 993 g/mol. The number of amides is 1. The monoisotopic (exact) mass is 993 g/mol. The first-order chi connectivity index (χ1) is 32.5. The number of thiazole rings is 1. The first-order valence-corrected chi connectivity index (χ1v) is 24.6. The van der Waals surface area contributed by atoms with Crippen molar-refractivity contribution in [1.82, 2.24) is 30.1 Å². The quantitative estimate of drug-likeness (QED) is 0.0246. The number of hydrogen-bond donors (Lipinski definition) is 4. The normalized spacial score (nSPS) is 21.2. The van der Waals surface area contributed by atoms with Crippen molar-refractivity contribution in [1.29, 1.82) is 0 Å². The molecule has 69 heavy (non-hydrogen) atoms. The van der Waals surface area contributed by atoms with Crippen molar-refractivity contribution in [3.8, 4) is 11.3 Å². The number of carbonyl (C=O) groups excluding carboxylic acids is 2. The van der Waals surface area contributed by atoms with Gasteiger partial charge < -0.3 is 24.6 Å². The van der Waals surface area contributed by atoms with Crippen LogP contribution < -0.4 is 16.6 Å². The van der Waals surface area contributed by atoms with Crippen LogP contribution in [0.1, 0.15) is 88.9 Å². The van der Waals surface area contributed by atoms with Crippen LogP contribution in [-0.2, 0) is 33.7 Å². The Labute approximate surface area is 404 Å². The maximum Gasteiger partial charge on any atom is 0.406 e. The van der Waals surface area contributed by atoms with Crippen LogP contribution in [0, 0.1) is 23.1 Å². The molecule has 7 rings (SSSR count). The minimum absolute atomic E-state index is 0.0121. The molecule has 1 aliphatic carbocycles. The summed E-state index contributed by atoms with van der Waals surface area (Å²) in [4.78, 5) is 41.0. The molecule has 4 aliphatic rings. The van der Waals surface area contributed by atoms with E-state index in [1.165, 1.54) is 36.6 Å². The molecule has 0 radical (unpaired) electrons. The number of nitrogens with zero attached hydrogens (tertiary/aromatic N) is 6. The Balaban J connectivity index is 0.00000254. The second-order valence-electron chi connectivity index (χ2n) is 19.7. The third kappa shape index (κ3) is 14.1. The summed E-state index contributed by atoms with van der Waals surface area (Å²) in [5.74, 6) is 0.895. The Morgan fingerprint density at radius 3 is 2.45 bits per heavy atom. The van der Waals surface area contributed by atoms with Gasteiger partial charge in [0.15, 0.2) is 0 Å². The number of esters is 1. The number of alkyl halides is 5. The van der Waals surface area contributed by atoms with Gasteiger partial charge in [0.25, 0.3) is 5.92 Å². The van der Waals surface area contributed by atoms with Gasteiger partial charge in [-0.15, -0.1) is 15.9 Å². The fraction of sp³-hybridized carbons (Fsp3) is 0.612. The average Bonchev–Trinajstić information content (AvgIpc) is 3.57. The molecule has 3 aliphatic heterocycles. The molecule has 0 spiro atoms. The molecule has 4 bridgehead atoms. The maximum absolute atomic E-state index is 16.5. The first-order valence-electron chi connectivity index (χ1n) is 23.7. The summed E-state index contributed by atoms with van der Waals surface area (Å²) in [6, 6.07) is 2.16.